The van der Waals surface area contributed by atoms with Crippen molar-refractivity contribution in [1.29, 1.82) is 0 Å². The fraction of sp³-hybridized carbons (Fsp3) is 0.562. The highest BCUT2D eigenvalue weighted by molar-refractivity contribution is 5.76. The van der Waals surface area contributed by atoms with E-state index in [0.717, 1.165) is 31.5 Å². The standard InChI is InChI=1S/C16H24N2O2/c1-11-7-13(10-19)8-12(2)15(11)9-18-14-3-4-16(20)17-6-5-14/h7-8,14,18-19H,3-6,9-10H2,1-2H3,(H,17,20). The molecule has 0 aliphatic carbocycles. The molecule has 1 aliphatic rings. The lowest BCUT2D eigenvalue weighted by Crippen LogP contribution is -2.30. The molecule has 1 amide bonds. The zero-order chi connectivity index (χ0) is 14.5. The summed E-state index contributed by atoms with van der Waals surface area (Å²) in [6.45, 7) is 5.84. The van der Waals surface area contributed by atoms with Crippen molar-refractivity contribution in [2.45, 2.75) is 52.3 Å². The molecule has 1 aromatic rings. The molecule has 1 atom stereocenters. The summed E-state index contributed by atoms with van der Waals surface area (Å²) in [4.78, 5) is 11.3. The number of carbonyl (C=O) groups is 1. The Bertz CT molecular complexity index is 462. The maximum atomic E-state index is 11.3. The Morgan fingerprint density at radius 1 is 1.30 bits per heavy atom. The molecule has 0 bridgehead atoms. The van der Waals surface area contributed by atoms with Crippen LogP contribution in [0.1, 0.15) is 41.5 Å². The van der Waals surface area contributed by atoms with Gasteiger partial charge in [0.05, 0.1) is 6.61 Å². The molecule has 0 saturated carbocycles. The van der Waals surface area contributed by atoms with Crippen LogP contribution in [0.3, 0.4) is 0 Å². The molecule has 3 N–H and O–H groups in total. The van der Waals surface area contributed by atoms with E-state index >= 15 is 0 Å². The van der Waals surface area contributed by atoms with E-state index in [0.29, 0.717) is 12.5 Å². The largest absolute Gasteiger partial charge is 0.392 e. The van der Waals surface area contributed by atoms with Crippen molar-refractivity contribution < 1.29 is 9.90 Å². The van der Waals surface area contributed by atoms with Crippen molar-refractivity contribution in [2.24, 2.45) is 0 Å². The van der Waals surface area contributed by atoms with Crippen molar-refractivity contribution in [3.63, 3.8) is 0 Å². The van der Waals surface area contributed by atoms with Crippen LogP contribution in [0, 0.1) is 13.8 Å². The number of nitrogens with one attached hydrogen (secondary N) is 2. The Hall–Kier alpha value is -1.39. The van der Waals surface area contributed by atoms with E-state index in [1.165, 1.54) is 16.7 Å². The van der Waals surface area contributed by atoms with Gasteiger partial charge in [-0.15, -0.1) is 0 Å². The van der Waals surface area contributed by atoms with Crippen LogP contribution in [0.4, 0.5) is 0 Å². The van der Waals surface area contributed by atoms with Gasteiger partial charge >= 0.3 is 0 Å². The van der Waals surface area contributed by atoms with Crippen molar-refractivity contribution >= 4 is 5.91 Å². The molecule has 0 spiro atoms. The molecule has 0 aromatic heterocycles. The van der Waals surface area contributed by atoms with Gasteiger partial charge in [-0.3, -0.25) is 4.79 Å². The third-order valence-electron chi connectivity index (χ3n) is 4.04. The predicted octanol–water partition coefficient (Wildman–Crippen LogP) is 1.55. The van der Waals surface area contributed by atoms with Crippen molar-refractivity contribution in [2.75, 3.05) is 6.54 Å². The summed E-state index contributed by atoms with van der Waals surface area (Å²) >= 11 is 0. The first kappa shape index (κ1) is 15.0. The SMILES string of the molecule is Cc1cc(CO)cc(C)c1CNC1CCNC(=O)CC1. The molecule has 4 heteroatoms. The van der Waals surface area contributed by atoms with Gasteiger partial charge in [0.1, 0.15) is 0 Å². The molecular weight excluding hydrogens is 252 g/mol. The Kier molecular flexibility index (Phi) is 5.15. The smallest absolute Gasteiger partial charge is 0.220 e. The van der Waals surface area contributed by atoms with Crippen molar-refractivity contribution in [3.05, 3.63) is 34.4 Å². The lowest BCUT2D eigenvalue weighted by Gasteiger charge is -2.18. The monoisotopic (exact) mass is 276 g/mol. The van der Waals surface area contributed by atoms with Crippen LogP contribution in [0.15, 0.2) is 12.1 Å². The molecule has 0 radical (unpaired) electrons. The number of aliphatic hydroxyl groups is 1. The highest BCUT2D eigenvalue weighted by Crippen LogP contribution is 2.17. The lowest BCUT2D eigenvalue weighted by molar-refractivity contribution is -0.120. The van der Waals surface area contributed by atoms with Crippen molar-refractivity contribution in [3.8, 4) is 0 Å². The summed E-state index contributed by atoms with van der Waals surface area (Å²) in [5.74, 6) is 0.161. The minimum Gasteiger partial charge on any atom is -0.392 e. The fourth-order valence-electron chi connectivity index (χ4n) is 2.83. The molecule has 1 saturated heterocycles. The first-order valence-corrected chi connectivity index (χ1v) is 7.30. The second kappa shape index (κ2) is 6.86. The van der Waals surface area contributed by atoms with E-state index < -0.39 is 0 Å². The molecule has 1 fully saturated rings. The number of hydrogen-bond acceptors (Lipinski definition) is 3. The number of aryl methyl sites for hydroxylation is 2. The molecule has 1 heterocycles. The number of rotatable bonds is 4. The van der Waals surface area contributed by atoms with Gasteiger partial charge in [0.15, 0.2) is 0 Å². The summed E-state index contributed by atoms with van der Waals surface area (Å²) in [6.07, 6.45) is 2.50. The molecule has 20 heavy (non-hydrogen) atoms. The van der Waals surface area contributed by atoms with Crippen LogP contribution in [-0.4, -0.2) is 23.6 Å². The van der Waals surface area contributed by atoms with E-state index in [2.05, 4.69) is 24.5 Å². The summed E-state index contributed by atoms with van der Waals surface area (Å²) in [6, 6.07) is 4.48. The van der Waals surface area contributed by atoms with Gasteiger partial charge in [-0.1, -0.05) is 12.1 Å². The van der Waals surface area contributed by atoms with E-state index in [1.54, 1.807) is 0 Å². The fourth-order valence-corrected chi connectivity index (χ4v) is 2.83. The number of amides is 1. The van der Waals surface area contributed by atoms with E-state index in [9.17, 15) is 9.90 Å². The second-order valence-corrected chi connectivity index (χ2v) is 5.62. The lowest BCUT2D eigenvalue weighted by atomic mass is 9.99. The second-order valence-electron chi connectivity index (χ2n) is 5.62. The van der Waals surface area contributed by atoms with E-state index in [4.69, 9.17) is 0 Å². The predicted molar refractivity (Wildman–Crippen MR) is 79.3 cm³/mol. The van der Waals surface area contributed by atoms with E-state index in [1.807, 2.05) is 12.1 Å². The Balaban J connectivity index is 1.98. The first-order valence-electron chi connectivity index (χ1n) is 7.30. The van der Waals surface area contributed by atoms with Crippen molar-refractivity contribution in [1.82, 2.24) is 10.6 Å². The third kappa shape index (κ3) is 3.81. The molecular formula is C16H24N2O2. The number of hydrogen-bond donors (Lipinski definition) is 3. The van der Waals surface area contributed by atoms with Crippen LogP contribution in [0.2, 0.25) is 0 Å². The van der Waals surface area contributed by atoms with Gasteiger partial charge in [-0.05, 0) is 48.9 Å². The molecule has 4 nitrogen and oxygen atoms in total. The third-order valence-corrected chi connectivity index (χ3v) is 4.04. The van der Waals surface area contributed by atoms with Gasteiger partial charge < -0.3 is 15.7 Å². The topological polar surface area (TPSA) is 61.4 Å². The average Bonchev–Trinajstić information content (AvgIpc) is 2.62. The summed E-state index contributed by atoms with van der Waals surface area (Å²) in [7, 11) is 0. The zero-order valence-electron chi connectivity index (χ0n) is 12.3. The maximum absolute atomic E-state index is 11.3. The van der Waals surface area contributed by atoms with Gasteiger partial charge in [-0.25, -0.2) is 0 Å². The van der Waals surface area contributed by atoms with Crippen LogP contribution in [0.5, 0.6) is 0 Å². The first-order chi connectivity index (χ1) is 9.60. The van der Waals surface area contributed by atoms with Gasteiger partial charge in [0, 0.05) is 25.6 Å². The molecule has 1 aromatic carbocycles. The summed E-state index contributed by atoms with van der Waals surface area (Å²) < 4.78 is 0. The molecule has 110 valence electrons. The molecule has 1 unspecified atom stereocenters. The normalized spacial score (nSPS) is 19.6. The molecule has 1 aliphatic heterocycles. The Morgan fingerprint density at radius 3 is 2.65 bits per heavy atom. The van der Waals surface area contributed by atoms with Crippen LogP contribution in [-0.2, 0) is 17.9 Å². The maximum Gasteiger partial charge on any atom is 0.220 e. The number of carbonyl (C=O) groups excluding carboxylic acids is 1. The van der Waals surface area contributed by atoms with Gasteiger partial charge in [0.25, 0.3) is 0 Å². The van der Waals surface area contributed by atoms with Crippen LogP contribution < -0.4 is 10.6 Å². The summed E-state index contributed by atoms with van der Waals surface area (Å²) in [5.41, 5.74) is 4.69. The Morgan fingerprint density at radius 2 is 2.00 bits per heavy atom. The number of benzene rings is 1. The van der Waals surface area contributed by atoms with Gasteiger partial charge in [-0.2, -0.15) is 0 Å². The summed E-state index contributed by atoms with van der Waals surface area (Å²) in [5, 5.41) is 15.7. The molecule has 2 rings (SSSR count). The quantitative estimate of drug-likeness (QED) is 0.782. The minimum absolute atomic E-state index is 0.0891. The highest BCUT2D eigenvalue weighted by Gasteiger charge is 2.16. The minimum atomic E-state index is 0.0891. The van der Waals surface area contributed by atoms with Crippen LogP contribution >= 0.6 is 0 Å². The average molecular weight is 276 g/mol. The Labute approximate surface area is 120 Å². The van der Waals surface area contributed by atoms with Gasteiger partial charge in [0.2, 0.25) is 5.91 Å². The van der Waals surface area contributed by atoms with E-state index in [-0.39, 0.29) is 12.5 Å². The zero-order valence-corrected chi connectivity index (χ0v) is 12.3. The van der Waals surface area contributed by atoms with Crippen LogP contribution in [0.25, 0.3) is 0 Å². The number of aliphatic hydroxyl groups excluding tert-OH is 1. The highest BCUT2D eigenvalue weighted by atomic mass is 16.3.